The molecule has 3 aromatic heterocycles. The fraction of sp³-hybridized carbons (Fsp3) is 0.188. The van der Waals surface area contributed by atoms with Gasteiger partial charge in [-0.3, -0.25) is 4.79 Å². The van der Waals surface area contributed by atoms with Crippen molar-refractivity contribution in [1.82, 2.24) is 25.3 Å². The highest BCUT2D eigenvalue weighted by molar-refractivity contribution is 5.96. The van der Waals surface area contributed by atoms with Crippen LogP contribution in [0.5, 0.6) is 5.88 Å². The number of oxazole rings is 1. The lowest BCUT2D eigenvalue weighted by molar-refractivity contribution is 0.0946. The van der Waals surface area contributed by atoms with E-state index in [9.17, 15) is 4.79 Å². The molecule has 9 nitrogen and oxygen atoms in total. The van der Waals surface area contributed by atoms with Crippen molar-refractivity contribution < 1.29 is 13.9 Å². The number of nitrogens with zero attached hydrogens (tertiary/aromatic N) is 4. The first-order chi connectivity index (χ1) is 12.1. The Morgan fingerprint density at radius 2 is 2.16 bits per heavy atom. The van der Waals surface area contributed by atoms with E-state index in [1.54, 1.807) is 25.3 Å². The van der Waals surface area contributed by atoms with Crippen molar-refractivity contribution in [3.8, 4) is 17.5 Å². The molecule has 0 spiro atoms. The number of hydrogen-bond donors (Lipinski definition) is 2. The number of anilines is 1. The summed E-state index contributed by atoms with van der Waals surface area (Å²) in [6.07, 6.45) is 4.53. The molecule has 3 N–H and O–H groups in total. The first kappa shape index (κ1) is 16.4. The zero-order valence-corrected chi connectivity index (χ0v) is 13.7. The third-order valence-electron chi connectivity index (χ3n) is 3.43. The maximum absolute atomic E-state index is 12.4. The number of pyridine rings is 1. The van der Waals surface area contributed by atoms with Crippen LogP contribution in [-0.2, 0) is 6.54 Å². The molecule has 0 radical (unpaired) electrons. The SMILES string of the molecule is COc1ncccc1CNC(=O)c1nc(C)c(-c2ncco2)nc1N. The van der Waals surface area contributed by atoms with Gasteiger partial charge in [-0.2, -0.15) is 0 Å². The second-order valence-electron chi connectivity index (χ2n) is 5.08. The number of aryl methyl sites for hydroxylation is 1. The van der Waals surface area contributed by atoms with Gasteiger partial charge in [-0.25, -0.2) is 19.9 Å². The van der Waals surface area contributed by atoms with Gasteiger partial charge in [-0.05, 0) is 13.0 Å². The molecule has 0 aliphatic heterocycles. The van der Waals surface area contributed by atoms with Crippen molar-refractivity contribution in [2.75, 3.05) is 12.8 Å². The lowest BCUT2D eigenvalue weighted by Gasteiger charge is -2.10. The van der Waals surface area contributed by atoms with Crippen molar-refractivity contribution in [1.29, 1.82) is 0 Å². The van der Waals surface area contributed by atoms with E-state index in [-0.39, 0.29) is 18.1 Å². The molecule has 0 saturated carbocycles. The highest BCUT2D eigenvalue weighted by atomic mass is 16.5. The predicted octanol–water partition coefficient (Wildman–Crippen LogP) is 1.36. The summed E-state index contributed by atoms with van der Waals surface area (Å²) in [5.41, 5.74) is 7.54. The number of carbonyl (C=O) groups is 1. The zero-order chi connectivity index (χ0) is 17.8. The third kappa shape index (κ3) is 3.39. The Labute approximate surface area is 143 Å². The molecule has 3 rings (SSSR count). The molecule has 128 valence electrons. The second-order valence-corrected chi connectivity index (χ2v) is 5.08. The van der Waals surface area contributed by atoms with Crippen LogP contribution in [-0.4, -0.2) is 33.0 Å². The fourth-order valence-electron chi connectivity index (χ4n) is 2.24. The maximum Gasteiger partial charge on any atom is 0.274 e. The lowest BCUT2D eigenvalue weighted by Crippen LogP contribution is -2.26. The molecule has 0 atom stereocenters. The molecule has 0 aromatic carbocycles. The minimum absolute atomic E-state index is 0.00514. The topological polar surface area (TPSA) is 129 Å². The van der Waals surface area contributed by atoms with Gasteiger partial charge in [0, 0.05) is 18.3 Å². The van der Waals surface area contributed by atoms with Crippen LogP contribution >= 0.6 is 0 Å². The monoisotopic (exact) mass is 340 g/mol. The van der Waals surface area contributed by atoms with Gasteiger partial charge < -0.3 is 20.2 Å². The number of nitrogen functional groups attached to an aromatic ring is 1. The third-order valence-corrected chi connectivity index (χ3v) is 3.43. The van der Waals surface area contributed by atoms with E-state index >= 15 is 0 Å². The number of nitrogens with two attached hydrogens (primary N) is 1. The summed E-state index contributed by atoms with van der Waals surface area (Å²) >= 11 is 0. The summed E-state index contributed by atoms with van der Waals surface area (Å²) < 4.78 is 10.3. The average molecular weight is 340 g/mol. The highest BCUT2D eigenvalue weighted by Gasteiger charge is 2.19. The van der Waals surface area contributed by atoms with E-state index in [4.69, 9.17) is 14.9 Å². The number of hydrogen-bond acceptors (Lipinski definition) is 8. The van der Waals surface area contributed by atoms with Gasteiger partial charge in [0.25, 0.3) is 5.91 Å². The first-order valence-electron chi connectivity index (χ1n) is 7.40. The second kappa shape index (κ2) is 6.95. The molecular weight excluding hydrogens is 324 g/mol. The van der Waals surface area contributed by atoms with Gasteiger partial charge in [0.05, 0.1) is 19.0 Å². The summed E-state index contributed by atoms with van der Waals surface area (Å²) in [4.78, 5) is 28.9. The highest BCUT2D eigenvalue weighted by Crippen LogP contribution is 2.21. The summed E-state index contributed by atoms with van der Waals surface area (Å²) in [7, 11) is 1.52. The number of carbonyl (C=O) groups excluding carboxylic acids is 1. The van der Waals surface area contributed by atoms with Gasteiger partial charge in [0.1, 0.15) is 12.0 Å². The fourth-order valence-corrected chi connectivity index (χ4v) is 2.24. The van der Waals surface area contributed by atoms with Crippen molar-refractivity contribution in [3.63, 3.8) is 0 Å². The standard InChI is InChI=1S/C16H16N6O3/c1-9-11(16-19-6-7-25-16)22-13(17)12(21-9)14(23)20-8-10-4-3-5-18-15(10)24-2/h3-7H,8H2,1-2H3,(H2,17,22)(H,20,23). The summed E-state index contributed by atoms with van der Waals surface area (Å²) in [6.45, 7) is 1.92. The van der Waals surface area contributed by atoms with Crippen LogP contribution in [0, 0.1) is 6.92 Å². The van der Waals surface area contributed by atoms with Crippen molar-refractivity contribution in [2.24, 2.45) is 0 Å². The van der Waals surface area contributed by atoms with Crippen LogP contribution in [0.4, 0.5) is 5.82 Å². The largest absolute Gasteiger partial charge is 0.481 e. The minimum Gasteiger partial charge on any atom is -0.481 e. The van der Waals surface area contributed by atoms with Gasteiger partial charge in [-0.15, -0.1) is 0 Å². The Kier molecular flexibility index (Phi) is 4.55. The molecule has 0 fully saturated rings. The number of amides is 1. The van der Waals surface area contributed by atoms with E-state index < -0.39 is 5.91 Å². The number of rotatable bonds is 5. The summed E-state index contributed by atoms with van der Waals surface area (Å²) in [5, 5.41) is 2.73. The minimum atomic E-state index is -0.446. The normalized spacial score (nSPS) is 10.5. The molecule has 0 aliphatic carbocycles. The van der Waals surface area contributed by atoms with Crippen LogP contribution in [0.25, 0.3) is 11.6 Å². The average Bonchev–Trinajstić information content (AvgIpc) is 3.16. The van der Waals surface area contributed by atoms with Crippen LogP contribution in [0.15, 0.2) is 35.2 Å². The van der Waals surface area contributed by atoms with E-state index in [0.29, 0.717) is 23.2 Å². The summed E-state index contributed by atoms with van der Waals surface area (Å²) in [6, 6.07) is 3.56. The Morgan fingerprint density at radius 3 is 2.88 bits per heavy atom. The number of methoxy groups -OCH3 is 1. The van der Waals surface area contributed by atoms with Crippen LogP contribution < -0.4 is 15.8 Å². The van der Waals surface area contributed by atoms with E-state index in [2.05, 4.69) is 25.3 Å². The molecule has 0 bridgehead atoms. The van der Waals surface area contributed by atoms with Gasteiger partial charge >= 0.3 is 0 Å². The van der Waals surface area contributed by atoms with Crippen molar-refractivity contribution >= 4 is 11.7 Å². The Morgan fingerprint density at radius 1 is 1.32 bits per heavy atom. The van der Waals surface area contributed by atoms with Crippen molar-refractivity contribution in [3.05, 3.63) is 47.7 Å². The van der Waals surface area contributed by atoms with Crippen molar-refractivity contribution in [2.45, 2.75) is 13.5 Å². The van der Waals surface area contributed by atoms with Gasteiger partial charge in [0.2, 0.25) is 11.8 Å². The van der Waals surface area contributed by atoms with Crippen LogP contribution in [0.3, 0.4) is 0 Å². The Bertz CT molecular complexity index is 895. The first-order valence-corrected chi connectivity index (χ1v) is 7.40. The maximum atomic E-state index is 12.4. The number of aromatic nitrogens is 4. The predicted molar refractivity (Wildman–Crippen MR) is 88.6 cm³/mol. The molecule has 0 aliphatic rings. The van der Waals surface area contributed by atoms with E-state index in [0.717, 1.165) is 5.56 Å². The zero-order valence-electron chi connectivity index (χ0n) is 13.7. The quantitative estimate of drug-likeness (QED) is 0.712. The summed E-state index contributed by atoms with van der Waals surface area (Å²) in [5.74, 6) is 0.286. The molecule has 3 aromatic rings. The van der Waals surface area contributed by atoms with Crippen LogP contribution in [0.1, 0.15) is 21.7 Å². The molecule has 0 saturated heterocycles. The van der Waals surface area contributed by atoms with Gasteiger partial charge in [-0.1, -0.05) is 6.07 Å². The molecular formula is C16H16N6O3. The smallest absolute Gasteiger partial charge is 0.274 e. The van der Waals surface area contributed by atoms with Crippen LogP contribution in [0.2, 0.25) is 0 Å². The van der Waals surface area contributed by atoms with E-state index in [1.165, 1.54) is 19.6 Å². The molecule has 3 heterocycles. The molecule has 25 heavy (non-hydrogen) atoms. The Balaban J connectivity index is 1.79. The molecule has 9 heteroatoms. The lowest BCUT2D eigenvalue weighted by atomic mass is 10.2. The molecule has 1 amide bonds. The van der Waals surface area contributed by atoms with E-state index in [1.807, 2.05) is 0 Å². The number of nitrogens with one attached hydrogen (secondary N) is 1. The number of ether oxygens (including phenoxy) is 1. The van der Waals surface area contributed by atoms with Gasteiger partial charge in [0.15, 0.2) is 11.5 Å². The Hall–Kier alpha value is -3.49. The molecule has 0 unspecified atom stereocenters.